The molecule has 0 spiro atoms. The minimum atomic E-state index is -0.416. The Morgan fingerprint density at radius 2 is 2.28 bits per heavy atom. The minimum absolute atomic E-state index is 0.0105. The maximum atomic E-state index is 11.6. The highest BCUT2D eigenvalue weighted by Crippen LogP contribution is 2.24. The lowest BCUT2D eigenvalue weighted by molar-refractivity contribution is -0.116. The topological polar surface area (TPSA) is 81.4 Å². The zero-order valence-electron chi connectivity index (χ0n) is 10.6. The number of anilines is 1. The van der Waals surface area contributed by atoms with Crippen molar-refractivity contribution in [3.63, 3.8) is 0 Å². The van der Waals surface area contributed by atoms with Crippen LogP contribution in [0.1, 0.15) is 37.0 Å². The number of amides is 1. The van der Waals surface area contributed by atoms with Gasteiger partial charge in [-0.15, -0.1) is 11.3 Å². The molecule has 0 aliphatic rings. The lowest BCUT2D eigenvalue weighted by Crippen LogP contribution is -2.20. The normalized spacial score (nSPS) is 11.9. The number of rotatable bonds is 6. The fraction of sp³-hybridized carbons (Fsp3) is 0.500. The van der Waals surface area contributed by atoms with Gasteiger partial charge in [-0.2, -0.15) is 0 Å². The second kappa shape index (κ2) is 7.13. The van der Waals surface area contributed by atoms with Crippen molar-refractivity contribution < 1.29 is 14.3 Å². The number of ether oxygens (including phenoxy) is 1. The van der Waals surface area contributed by atoms with Gasteiger partial charge in [0.05, 0.1) is 12.2 Å². The highest BCUT2D eigenvalue weighted by Gasteiger charge is 2.15. The second-order valence-corrected chi connectivity index (χ2v) is 4.86. The summed E-state index contributed by atoms with van der Waals surface area (Å²) in [5.41, 5.74) is 5.98. The summed E-state index contributed by atoms with van der Waals surface area (Å²) < 4.78 is 4.90. The highest BCUT2D eigenvalue weighted by atomic mass is 32.1. The van der Waals surface area contributed by atoms with Gasteiger partial charge in [0.1, 0.15) is 5.00 Å². The number of carbonyl (C=O) groups excluding carboxylic acids is 2. The minimum Gasteiger partial charge on any atom is -0.462 e. The van der Waals surface area contributed by atoms with Crippen LogP contribution in [0.25, 0.3) is 0 Å². The first-order chi connectivity index (χ1) is 8.54. The van der Waals surface area contributed by atoms with E-state index in [1.54, 1.807) is 18.4 Å². The third-order valence-electron chi connectivity index (χ3n) is 2.24. The number of thiophene rings is 1. The van der Waals surface area contributed by atoms with Crippen LogP contribution < -0.4 is 11.1 Å². The third-order valence-corrected chi connectivity index (χ3v) is 3.07. The van der Waals surface area contributed by atoms with Gasteiger partial charge >= 0.3 is 5.97 Å². The van der Waals surface area contributed by atoms with Gasteiger partial charge in [0, 0.05) is 12.5 Å². The Morgan fingerprint density at radius 3 is 2.89 bits per heavy atom. The molecule has 0 aliphatic heterocycles. The summed E-state index contributed by atoms with van der Waals surface area (Å²) in [6.45, 7) is 3.90. The molecule has 0 aromatic carbocycles. The summed E-state index contributed by atoms with van der Waals surface area (Å²) in [4.78, 5) is 23.2. The Morgan fingerprint density at radius 1 is 1.56 bits per heavy atom. The van der Waals surface area contributed by atoms with Crippen molar-refractivity contribution in [3.8, 4) is 0 Å². The SMILES string of the molecule is CCOC(=O)c1ccsc1NC(=O)CCC(C)N. The Bertz CT molecular complexity index is 415. The van der Waals surface area contributed by atoms with Crippen molar-refractivity contribution >= 4 is 28.2 Å². The van der Waals surface area contributed by atoms with Gasteiger partial charge in [-0.25, -0.2) is 4.79 Å². The van der Waals surface area contributed by atoms with E-state index in [1.165, 1.54) is 11.3 Å². The second-order valence-electron chi connectivity index (χ2n) is 3.95. The van der Waals surface area contributed by atoms with Crippen molar-refractivity contribution in [1.29, 1.82) is 0 Å². The quantitative estimate of drug-likeness (QED) is 0.775. The molecule has 1 unspecified atom stereocenters. The standard InChI is InChI=1S/C12H18N2O3S/c1-3-17-12(16)9-6-7-18-11(9)14-10(15)5-4-8(2)13/h6-8H,3-5,13H2,1-2H3,(H,14,15). The maximum absolute atomic E-state index is 11.6. The molecule has 0 aliphatic carbocycles. The van der Waals surface area contributed by atoms with Crippen molar-refractivity contribution in [2.75, 3.05) is 11.9 Å². The number of hydrogen-bond acceptors (Lipinski definition) is 5. The van der Waals surface area contributed by atoms with Crippen LogP contribution in [0.15, 0.2) is 11.4 Å². The molecule has 1 heterocycles. The van der Waals surface area contributed by atoms with Crippen LogP contribution in [0, 0.1) is 0 Å². The Hall–Kier alpha value is -1.40. The number of hydrogen-bond donors (Lipinski definition) is 2. The summed E-state index contributed by atoms with van der Waals surface area (Å²) >= 11 is 1.30. The highest BCUT2D eigenvalue weighted by molar-refractivity contribution is 7.14. The first-order valence-electron chi connectivity index (χ1n) is 5.84. The average Bonchev–Trinajstić information content (AvgIpc) is 2.75. The first kappa shape index (κ1) is 14.7. The van der Waals surface area contributed by atoms with Crippen molar-refractivity contribution in [3.05, 3.63) is 17.0 Å². The van der Waals surface area contributed by atoms with E-state index in [4.69, 9.17) is 10.5 Å². The fourth-order valence-corrected chi connectivity index (χ4v) is 2.11. The fourth-order valence-electron chi connectivity index (χ4n) is 1.32. The van der Waals surface area contributed by atoms with Gasteiger partial charge in [-0.05, 0) is 31.7 Å². The van der Waals surface area contributed by atoms with E-state index in [1.807, 2.05) is 6.92 Å². The van der Waals surface area contributed by atoms with Crippen LogP contribution in [0.5, 0.6) is 0 Å². The number of esters is 1. The molecule has 1 aromatic heterocycles. The van der Waals surface area contributed by atoms with E-state index < -0.39 is 5.97 Å². The lowest BCUT2D eigenvalue weighted by atomic mass is 10.2. The largest absolute Gasteiger partial charge is 0.462 e. The van der Waals surface area contributed by atoms with Crippen molar-refractivity contribution in [2.45, 2.75) is 32.7 Å². The van der Waals surface area contributed by atoms with Crippen LogP contribution in [-0.2, 0) is 9.53 Å². The summed E-state index contributed by atoms with van der Waals surface area (Å²) in [7, 11) is 0. The van der Waals surface area contributed by atoms with Crippen LogP contribution in [-0.4, -0.2) is 24.5 Å². The molecule has 3 N–H and O–H groups in total. The van der Waals surface area contributed by atoms with Gasteiger partial charge in [-0.1, -0.05) is 0 Å². The van der Waals surface area contributed by atoms with Crippen LogP contribution in [0.3, 0.4) is 0 Å². The lowest BCUT2D eigenvalue weighted by Gasteiger charge is -2.07. The van der Waals surface area contributed by atoms with E-state index in [9.17, 15) is 9.59 Å². The van der Waals surface area contributed by atoms with Gasteiger partial charge in [0.2, 0.25) is 5.91 Å². The molecule has 18 heavy (non-hydrogen) atoms. The van der Waals surface area contributed by atoms with Crippen LogP contribution >= 0.6 is 11.3 Å². The molecule has 1 atom stereocenters. The molecular weight excluding hydrogens is 252 g/mol. The molecule has 1 amide bonds. The van der Waals surface area contributed by atoms with Crippen LogP contribution in [0.2, 0.25) is 0 Å². The Kier molecular flexibility index (Phi) is 5.80. The molecule has 0 saturated carbocycles. The molecule has 0 bridgehead atoms. The number of carbonyl (C=O) groups is 2. The monoisotopic (exact) mass is 270 g/mol. The van der Waals surface area contributed by atoms with Gasteiger partial charge in [0.15, 0.2) is 0 Å². The summed E-state index contributed by atoms with van der Waals surface area (Å²) in [5.74, 6) is -0.554. The predicted octanol–water partition coefficient (Wildman–Crippen LogP) is 1.99. The molecular formula is C12H18N2O3S. The summed E-state index contributed by atoms with van der Waals surface area (Å²) in [6, 6.07) is 1.63. The zero-order chi connectivity index (χ0) is 13.5. The predicted molar refractivity (Wildman–Crippen MR) is 71.8 cm³/mol. The zero-order valence-corrected chi connectivity index (χ0v) is 11.4. The molecule has 0 fully saturated rings. The third kappa shape index (κ3) is 4.46. The molecule has 0 radical (unpaired) electrons. The van der Waals surface area contributed by atoms with Crippen molar-refractivity contribution in [1.82, 2.24) is 0 Å². The van der Waals surface area contributed by atoms with Crippen LogP contribution in [0.4, 0.5) is 5.00 Å². The molecule has 6 heteroatoms. The van der Waals surface area contributed by atoms with E-state index >= 15 is 0 Å². The Balaban J connectivity index is 2.59. The molecule has 5 nitrogen and oxygen atoms in total. The number of nitrogens with two attached hydrogens (primary N) is 1. The Labute approximate surface area is 110 Å². The molecule has 1 rings (SSSR count). The average molecular weight is 270 g/mol. The summed E-state index contributed by atoms with van der Waals surface area (Å²) in [5, 5.41) is 4.98. The molecule has 0 saturated heterocycles. The summed E-state index contributed by atoms with van der Waals surface area (Å²) in [6.07, 6.45) is 0.962. The molecule has 1 aromatic rings. The smallest absolute Gasteiger partial charge is 0.341 e. The first-order valence-corrected chi connectivity index (χ1v) is 6.72. The molecule has 100 valence electrons. The van der Waals surface area contributed by atoms with E-state index in [2.05, 4.69) is 5.32 Å². The van der Waals surface area contributed by atoms with E-state index in [0.717, 1.165) is 0 Å². The van der Waals surface area contributed by atoms with Crippen molar-refractivity contribution in [2.24, 2.45) is 5.73 Å². The number of nitrogens with one attached hydrogen (secondary N) is 1. The van der Waals surface area contributed by atoms with E-state index in [-0.39, 0.29) is 11.9 Å². The maximum Gasteiger partial charge on any atom is 0.341 e. The van der Waals surface area contributed by atoms with Gasteiger partial charge in [0.25, 0.3) is 0 Å². The van der Waals surface area contributed by atoms with E-state index in [0.29, 0.717) is 30.0 Å². The van der Waals surface area contributed by atoms with Gasteiger partial charge < -0.3 is 15.8 Å². The van der Waals surface area contributed by atoms with Gasteiger partial charge in [-0.3, -0.25) is 4.79 Å².